The number of anilines is 1. The van der Waals surface area contributed by atoms with Gasteiger partial charge >= 0.3 is 5.97 Å². The fraction of sp³-hybridized carbons (Fsp3) is 0.0800. The van der Waals surface area contributed by atoms with E-state index in [-0.39, 0.29) is 0 Å². The number of benzene rings is 2. The number of carbonyl (C=O) groups is 2. The van der Waals surface area contributed by atoms with Crippen LogP contribution in [0.2, 0.25) is 0 Å². The molecule has 0 aliphatic carbocycles. The lowest BCUT2D eigenvalue weighted by molar-refractivity contribution is -0.119. The molecule has 2 aromatic carbocycles. The lowest BCUT2D eigenvalue weighted by atomic mass is 10.1. The second kappa shape index (κ2) is 9.24. The van der Waals surface area contributed by atoms with Gasteiger partial charge in [0, 0.05) is 28.9 Å². The van der Waals surface area contributed by atoms with Crippen molar-refractivity contribution in [3.8, 4) is 22.6 Å². The normalized spacial score (nSPS) is 10.9. The Kier molecular flexibility index (Phi) is 5.84. The Labute approximate surface area is 198 Å². The van der Waals surface area contributed by atoms with Gasteiger partial charge in [0.05, 0.1) is 22.3 Å². The summed E-state index contributed by atoms with van der Waals surface area (Å²) in [6.45, 7) is 1.60. The number of imidazole rings is 1. The third kappa shape index (κ3) is 4.69. The molecule has 0 unspecified atom stereocenters. The number of pyridine rings is 1. The van der Waals surface area contributed by atoms with Gasteiger partial charge in [-0.05, 0) is 37.3 Å². The summed E-state index contributed by atoms with van der Waals surface area (Å²) in [6, 6.07) is 16.7. The number of aryl methyl sites for hydroxylation is 1. The van der Waals surface area contributed by atoms with Crippen LogP contribution in [-0.4, -0.2) is 38.4 Å². The van der Waals surface area contributed by atoms with Crippen LogP contribution in [-0.2, 0) is 9.53 Å². The number of fused-ring (bicyclic) bond motifs is 1. The number of esters is 1. The van der Waals surface area contributed by atoms with Gasteiger partial charge in [0.25, 0.3) is 5.91 Å². The number of aromatic amines is 1. The van der Waals surface area contributed by atoms with Crippen molar-refractivity contribution in [3.63, 3.8) is 0 Å². The molecular weight excluding hydrogens is 450 g/mol. The maximum Gasteiger partial charge on any atom is 0.338 e. The Bertz CT molecular complexity index is 1480. The highest BCUT2D eigenvalue weighted by atomic mass is 32.1. The van der Waals surface area contributed by atoms with Crippen molar-refractivity contribution >= 4 is 39.4 Å². The van der Waals surface area contributed by atoms with Crippen LogP contribution >= 0.6 is 11.3 Å². The molecule has 0 atom stereocenters. The van der Waals surface area contributed by atoms with Crippen LogP contribution < -0.4 is 5.32 Å². The van der Waals surface area contributed by atoms with Crippen LogP contribution in [0.25, 0.3) is 33.7 Å². The topological polar surface area (TPSA) is 110 Å². The molecule has 8 nitrogen and oxygen atoms in total. The van der Waals surface area contributed by atoms with E-state index in [0.717, 1.165) is 22.4 Å². The first kappa shape index (κ1) is 21.5. The number of ether oxygens (including phenoxy) is 1. The fourth-order valence-electron chi connectivity index (χ4n) is 3.33. The summed E-state index contributed by atoms with van der Waals surface area (Å²) >= 11 is 1.31. The van der Waals surface area contributed by atoms with E-state index < -0.39 is 18.5 Å². The maximum atomic E-state index is 12.5. The number of nitrogens with one attached hydrogen (secondary N) is 2. The molecular formula is C25H19N5O3S. The average molecular weight is 470 g/mol. The van der Waals surface area contributed by atoms with Crippen molar-refractivity contribution in [2.45, 2.75) is 6.92 Å². The molecule has 168 valence electrons. The quantitative estimate of drug-likeness (QED) is 0.344. The van der Waals surface area contributed by atoms with Crippen LogP contribution in [0.15, 0.2) is 72.4 Å². The Morgan fingerprint density at radius 1 is 1.06 bits per heavy atom. The number of thiazole rings is 1. The van der Waals surface area contributed by atoms with Gasteiger partial charge in [-0.25, -0.2) is 14.8 Å². The second-order valence-corrected chi connectivity index (χ2v) is 8.45. The summed E-state index contributed by atoms with van der Waals surface area (Å²) in [5.41, 5.74) is 5.45. The highest BCUT2D eigenvalue weighted by Crippen LogP contribution is 2.25. The van der Waals surface area contributed by atoms with Crippen LogP contribution in [0, 0.1) is 6.92 Å². The molecule has 3 aromatic heterocycles. The lowest BCUT2D eigenvalue weighted by Gasteiger charge is -2.05. The van der Waals surface area contributed by atoms with E-state index in [4.69, 9.17) is 4.74 Å². The molecule has 0 saturated carbocycles. The molecule has 0 aliphatic rings. The van der Waals surface area contributed by atoms with Crippen LogP contribution in [0.5, 0.6) is 0 Å². The molecule has 0 bridgehead atoms. The van der Waals surface area contributed by atoms with Gasteiger partial charge in [-0.1, -0.05) is 29.8 Å². The number of carbonyl (C=O) groups excluding carboxylic acids is 2. The standard InChI is InChI=1S/C25H19N5O3S/c1-15-4-6-16(7-5-15)21-14-34-25(29-21)30-22(31)13-33-24(32)17-8-9-19-20(11-17)28-23(27-19)18-3-2-10-26-12-18/h2-12,14H,13H2,1H3,(H,27,28)(H,29,30,31). The molecule has 0 spiro atoms. The summed E-state index contributed by atoms with van der Waals surface area (Å²) in [4.78, 5) is 41.0. The Morgan fingerprint density at radius 3 is 2.71 bits per heavy atom. The van der Waals surface area contributed by atoms with E-state index in [2.05, 4.69) is 25.3 Å². The number of hydrogen-bond acceptors (Lipinski definition) is 7. The molecule has 1 amide bonds. The first-order valence-corrected chi connectivity index (χ1v) is 11.3. The van der Waals surface area contributed by atoms with E-state index in [0.29, 0.717) is 27.6 Å². The number of amides is 1. The molecule has 5 rings (SSSR count). The van der Waals surface area contributed by atoms with Gasteiger partial charge < -0.3 is 9.72 Å². The molecule has 0 aliphatic heterocycles. The SMILES string of the molecule is Cc1ccc(-c2csc(NC(=O)COC(=O)c3ccc4nc(-c5cccnc5)[nH]c4c3)n2)cc1. The van der Waals surface area contributed by atoms with Crippen molar-refractivity contribution in [1.82, 2.24) is 19.9 Å². The molecule has 2 N–H and O–H groups in total. The van der Waals surface area contributed by atoms with Gasteiger partial charge in [0.2, 0.25) is 0 Å². The predicted octanol–water partition coefficient (Wildman–Crippen LogP) is 4.85. The van der Waals surface area contributed by atoms with E-state index in [1.165, 1.54) is 11.3 Å². The van der Waals surface area contributed by atoms with Crippen molar-refractivity contribution < 1.29 is 14.3 Å². The number of H-pyrrole nitrogens is 1. The predicted molar refractivity (Wildman–Crippen MR) is 131 cm³/mol. The molecule has 5 aromatic rings. The van der Waals surface area contributed by atoms with Crippen LogP contribution in [0.3, 0.4) is 0 Å². The molecule has 0 radical (unpaired) electrons. The zero-order valence-corrected chi connectivity index (χ0v) is 18.9. The number of nitrogens with zero attached hydrogens (tertiary/aromatic N) is 3. The van der Waals surface area contributed by atoms with Gasteiger partial charge in [-0.3, -0.25) is 15.1 Å². The fourth-order valence-corrected chi connectivity index (χ4v) is 4.07. The maximum absolute atomic E-state index is 12.5. The third-order valence-electron chi connectivity index (χ3n) is 5.08. The van der Waals surface area contributed by atoms with Gasteiger partial charge in [0.1, 0.15) is 5.82 Å². The number of rotatable bonds is 6. The van der Waals surface area contributed by atoms with Gasteiger partial charge in [0.15, 0.2) is 11.7 Å². The molecule has 0 fully saturated rings. The lowest BCUT2D eigenvalue weighted by Crippen LogP contribution is -2.20. The Morgan fingerprint density at radius 2 is 1.91 bits per heavy atom. The molecule has 34 heavy (non-hydrogen) atoms. The molecule has 9 heteroatoms. The van der Waals surface area contributed by atoms with E-state index in [9.17, 15) is 9.59 Å². The summed E-state index contributed by atoms with van der Waals surface area (Å²) < 4.78 is 5.19. The molecule has 0 saturated heterocycles. The Balaban J connectivity index is 1.20. The van der Waals surface area contributed by atoms with Crippen molar-refractivity contribution in [2.75, 3.05) is 11.9 Å². The van der Waals surface area contributed by atoms with Crippen molar-refractivity contribution in [3.05, 3.63) is 83.5 Å². The van der Waals surface area contributed by atoms with Gasteiger partial charge in [-0.2, -0.15) is 0 Å². The summed E-state index contributed by atoms with van der Waals surface area (Å²) in [5, 5.41) is 4.98. The third-order valence-corrected chi connectivity index (χ3v) is 5.84. The number of hydrogen-bond donors (Lipinski definition) is 2. The zero-order chi connectivity index (χ0) is 23.5. The summed E-state index contributed by atoms with van der Waals surface area (Å²) in [5.74, 6) is -0.407. The van der Waals surface area contributed by atoms with E-state index in [1.54, 1.807) is 30.6 Å². The summed E-state index contributed by atoms with van der Waals surface area (Å²) in [7, 11) is 0. The largest absolute Gasteiger partial charge is 0.452 e. The van der Waals surface area contributed by atoms with E-state index in [1.807, 2.05) is 48.7 Å². The number of aromatic nitrogens is 4. The van der Waals surface area contributed by atoms with Crippen LogP contribution in [0.4, 0.5) is 5.13 Å². The van der Waals surface area contributed by atoms with Crippen molar-refractivity contribution in [2.24, 2.45) is 0 Å². The minimum atomic E-state index is -0.603. The Hall–Kier alpha value is -4.37. The minimum absolute atomic E-state index is 0.317. The average Bonchev–Trinajstić information content (AvgIpc) is 3.50. The highest BCUT2D eigenvalue weighted by Gasteiger charge is 2.14. The summed E-state index contributed by atoms with van der Waals surface area (Å²) in [6.07, 6.45) is 3.39. The van der Waals surface area contributed by atoms with Crippen LogP contribution in [0.1, 0.15) is 15.9 Å². The molecule has 3 heterocycles. The smallest absolute Gasteiger partial charge is 0.338 e. The monoisotopic (exact) mass is 469 g/mol. The van der Waals surface area contributed by atoms with E-state index >= 15 is 0 Å². The first-order valence-electron chi connectivity index (χ1n) is 10.4. The van der Waals surface area contributed by atoms with Crippen molar-refractivity contribution in [1.29, 1.82) is 0 Å². The highest BCUT2D eigenvalue weighted by molar-refractivity contribution is 7.14. The second-order valence-electron chi connectivity index (χ2n) is 7.59. The minimum Gasteiger partial charge on any atom is -0.452 e. The zero-order valence-electron chi connectivity index (χ0n) is 18.1. The van der Waals surface area contributed by atoms with Gasteiger partial charge in [-0.15, -0.1) is 11.3 Å². The first-order chi connectivity index (χ1) is 16.5.